The van der Waals surface area contributed by atoms with E-state index in [1.807, 2.05) is 0 Å². The van der Waals surface area contributed by atoms with Crippen molar-refractivity contribution in [1.82, 2.24) is 0 Å². The predicted molar refractivity (Wildman–Crippen MR) is 55.7 cm³/mol. The lowest BCUT2D eigenvalue weighted by atomic mass is 9.93. The van der Waals surface area contributed by atoms with Gasteiger partial charge in [-0.25, -0.2) is 4.79 Å². The summed E-state index contributed by atoms with van der Waals surface area (Å²) in [5, 5.41) is 8.63. The van der Waals surface area contributed by atoms with E-state index >= 15 is 0 Å². The normalized spacial score (nSPS) is 29.0. The number of hydrogen-bond acceptors (Lipinski definition) is 3. The van der Waals surface area contributed by atoms with Crippen LogP contribution in [0.4, 0.5) is 0 Å². The number of carboxylic acid groups (broad SMARTS) is 1. The first-order valence-corrected chi connectivity index (χ1v) is 4.75. The van der Waals surface area contributed by atoms with Gasteiger partial charge in [-0.2, -0.15) is 0 Å². The van der Waals surface area contributed by atoms with Crippen LogP contribution in [0.25, 0.3) is 0 Å². The molecule has 5 heteroatoms. The molecule has 0 aromatic carbocycles. The van der Waals surface area contributed by atoms with Crippen LogP contribution < -0.4 is 5.73 Å². The second-order valence-electron chi connectivity index (χ2n) is 3.60. The van der Waals surface area contributed by atoms with Gasteiger partial charge in [0.2, 0.25) is 0 Å². The number of ether oxygens (including phenoxy) is 1. The van der Waals surface area contributed by atoms with Gasteiger partial charge in [0.05, 0.1) is 6.10 Å². The zero-order valence-corrected chi connectivity index (χ0v) is 9.13. The van der Waals surface area contributed by atoms with Gasteiger partial charge in [-0.15, -0.1) is 12.4 Å². The van der Waals surface area contributed by atoms with Crippen LogP contribution in [0.3, 0.4) is 0 Å². The van der Waals surface area contributed by atoms with Gasteiger partial charge in [-0.3, -0.25) is 0 Å². The highest BCUT2D eigenvalue weighted by Crippen LogP contribution is 2.20. The first-order chi connectivity index (χ1) is 6.11. The van der Waals surface area contributed by atoms with Crippen molar-refractivity contribution >= 4 is 18.4 Å². The summed E-state index contributed by atoms with van der Waals surface area (Å²) in [6.45, 7) is 1.55. The third-order valence-corrected chi connectivity index (χ3v) is 2.48. The van der Waals surface area contributed by atoms with Crippen LogP contribution in [0.1, 0.15) is 32.6 Å². The van der Waals surface area contributed by atoms with Gasteiger partial charge in [0.1, 0.15) is 0 Å². The SMILES string of the molecule is CC(OC1CCCCC1N)C(=O)O.Cl. The topological polar surface area (TPSA) is 72.5 Å². The molecule has 0 radical (unpaired) electrons. The average molecular weight is 224 g/mol. The molecule has 1 aliphatic rings. The first kappa shape index (κ1) is 13.7. The summed E-state index contributed by atoms with van der Waals surface area (Å²) in [6, 6.07) is 0.00977. The van der Waals surface area contributed by atoms with Crippen LogP contribution in [0.15, 0.2) is 0 Å². The number of rotatable bonds is 3. The molecule has 0 heterocycles. The predicted octanol–water partition coefficient (Wildman–Crippen LogP) is 1.17. The van der Waals surface area contributed by atoms with Crippen molar-refractivity contribution in [3.8, 4) is 0 Å². The summed E-state index contributed by atoms with van der Waals surface area (Å²) in [6.07, 6.45) is 3.23. The summed E-state index contributed by atoms with van der Waals surface area (Å²) in [7, 11) is 0. The van der Waals surface area contributed by atoms with E-state index in [0.29, 0.717) is 0 Å². The molecule has 1 rings (SSSR count). The van der Waals surface area contributed by atoms with Crippen LogP contribution in [-0.4, -0.2) is 29.3 Å². The van der Waals surface area contributed by atoms with Crippen LogP contribution in [0, 0.1) is 0 Å². The highest BCUT2D eigenvalue weighted by molar-refractivity contribution is 5.85. The van der Waals surface area contributed by atoms with Gasteiger partial charge >= 0.3 is 5.97 Å². The second kappa shape index (κ2) is 6.22. The number of aliphatic carboxylic acids is 1. The van der Waals surface area contributed by atoms with Crippen molar-refractivity contribution in [1.29, 1.82) is 0 Å². The zero-order valence-electron chi connectivity index (χ0n) is 8.31. The van der Waals surface area contributed by atoms with Gasteiger partial charge in [-0.1, -0.05) is 12.8 Å². The Labute approximate surface area is 90.2 Å². The maximum atomic E-state index is 10.5. The lowest BCUT2D eigenvalue weighted by molar-refractivity contribution is -0.154. The third-order valence-electron chi connectivity index (χ3n) is 2.48. The Balaban J connectivity index is 0.00000169. The Hall–Kier alpha value is -0.320. The highest BCUT2D eigenvalue weighted by Gasteiger charge is 2.26. The molecule has 0 aromatic rings. The molecule has 0 amide bonds. The quantitative estimate of drug-likeness (QED) is 0.754. The largest absolute Gasteiger partial charge is 0.479 e. The maximum Gasteiger partial charge on any atom is 0.332 e. The summed E-state index contributed by atoms with van der Waals surface area (Å²) in [4.78, 5) is 10.5. The fraction of sp³-hybridized carbons (Fsp3) is 0.889. The molecule has 0 spiro atoms. The number of carbonyl (C=O) groups is 1. The van der Waals surface area contributed by atoms with Gasteiger partial charge in [0.15, 0.2) is 6.10 Å². The Kier molecular flexibility index (Phi) is 6.08. The van der Waals surface area contributed by atoms with E-state index in [9.17, 15) is 4.79 Å². The fourth-order valence-corrected chi connectivity index (χ4v) is 1.61. The number of nitrogens with two attached hydrogens (primary N) is 1. The molecule has 0 bridgehead atoms. The third kappa shape index (κ3) is 3.82. The minimum absolute atomic E-state index is 0. The second-order valence-corrected chi connectivity index (χ2v) is 3.60. The Morgan fingerprint density at radius 1 is 1.50 bits per heavy atom. The summed E-state index contributed by atoms with van der Waals surface area (Å²) in [5.74, 6) is -0.919. The lowest BCUT2D eigenvalue weighted by Crippen LogP contribution is -2.42. The van der Waals surface area contributed by atoms with Crippen molar-refractivity contribution in [2.75, 3.05) is 0 Å². The van der Waals surface area contributed by atoms with Crippen molar-refractivity contribution < 1.29 is 14.6 Å². The van der Waals surface area contributed by atoms with Gasteiger partial charge in [-0.05, 0) is 19.8 Å². The van der Waals surface area contributed by atoms with E-state index in [2.05, 4.69) is 0 Å². The molecule has 0 aliphatic heterocycles. The van der Waals surface area contributed by atoms with Crippen LogP contribution in [-0.2, 0) is 9.53 Å². The van der Waals surface area contributed by atoms with Gasteiger partial charge < -0.3 is 15.6 Å². The highest BCUT2D eigenvalue weighted by atomic mass is 35.5. The van der Waals surface area contributed by atoms with Gasteiger partial charge in [0, 0.05) is 6.04 Å². The first-order valence-electron chi connectivity index (χ1n) is 4.75. The monoisotopic (exact) mass is 223 g/mol. The molecular formula is C9H18ClNO3. The number of halogens is 1. The molecule has 3 atom stereocenters. The molecule has 0 aromatic heterocycles. The average Bonchev–Trinajstić information content (AvgIpc) is 2.08. The van der Waals surface area contributed by atoms with E-state index in [0.717, 1.165) is 25.7 Å². The molecule has 4 nitrogen and oxygen atoms in total. The molecular weight excluding hydrogens is 206 g/mol. The molecule has 3 unspecified atom stereocenters. The molecule has 0 saturated heterocycles. The lowest BCUT2D eigenvalue weighted by Gasteiger charge is -2.29. The minimum atomic E-state index is -0.919. The zero-order chi connectivity index (χ0) is 9.84. The van der Waals surface area contributed by atoms with E-state index < -0.39 is 12.1 Å². The Bertz CT molecular complexity index is 189. The van der Waals surface area contributed by atoms with Crippen molar-refractivity contribution in [2.24, 2.45) is 5.73 Å². The summed E-state index contributed by atoms with van der Waals surface area (Å²) >= 11 is 0. The van der Waals surface area contributed by atoms with Crippen LogP contribution >= 0.6 is 12.4 Å². The molecule has 1 fully saturated rings. The smallest absolute Gasteiger partial charge is 0.332 e. The fourth-order valence-electron chi connectivity index (χ4n) is 1.61. The van der Waals surface area contributed by atoms with Crippen molar-refractivity contribution in [2.45, 2.75) is 50.9 Å². The maximum absolute atomic E-state index is 10.5. The number of hydrogen-bond donors (Lipinski definition) is 2. The van der Waals surface area contributed by atoms with Crippen molar-refractivity contribution in [3.05, 3.63) is 0 Å². The minimum Gasteiger partial charge on any atom is -0.479 e. The van der Waals surface area contributed by atoms with E-state index in [1.54, 1.807) is 6.92 Å². The molecule has 14 heavy (non-hydrogen) atoms. The summed E-state index contributed by atoms with van der Waals surface area (Å²) in [5.41, 5.74) is 5.81. The van der Waals surface area contributed by atoms with E-state index in [4.69, 9.17) is 15.6 Å². The standard InChI is InChI=1S/C9H17NO3.ClH/c1-6(9(11)12)13-8-5-3-2-4-7(8)10;/h6-8H,2-5,10H2,1H3,(H,11,12);1H. The van der Waals surface area contributed by atoms with Crippen LogP contribution in [0.2, 0.25) is 0 Å². The molecule has 1 aliphatic carbocycles. The van der Waals surface area contributed by atoms with Crippen molar-refractivity contribution in [3.63, 3.8) is 0 Å². The van der Waals surface area contributed by atoms with Crippen LogP contribution in [0.5, 0.6) is 0 Å². The molecule has 84 valence electrons. The molecule has 3 N–H and O–H groups in total. The van der Waals surface area contributed by atoms with Gasteiger partial charge in [0.25, 0.3) is 0 Å². The Morgan fingerprint density at radius 2 is 2.07 bits per heavy atom. The molecule has 1 saturated carbocycles. The van der Waals surface area contributed by atoms with E-state index in [-0.39, 0.29) is 24.6 Å². The number of carboxylic acids is 1. The summed E-state index contributed by atoms with van der Waals surface area (Å²) < 4.78 is 5.34. The Morgan fingerprint density at radius 3 is 2.57 bits per heavy atom. The van der Waals surface area contributed by atoms with E-state index in [1.165, 1.54) is 0 Å².